The second-order valence-electron chi connectivity index (χ2n) is 12.6. The molecule has 7 atom stereocenters. The third-order valence-corrected chi connectivity index (χ3v) is 11.5. The molecular weight excluding hydrogens is 428 g/mol. The first kappa shape index (κ1) is 25.5. The van der Waals surface area contributed by atoms with E-state index < -0.39 is 5.97 Å². The first-order valence-electron chi connectivity index (χ1n) is 13.0. The SMILES string of the molecule is COC(OC)[C@]1(C)CC[C@H]2[C@@]3(C)CC[C@@H](C)[C@@](C)(Cc4cc(C(=O)O)ccc4O)[C@H]3CC[C@]21C. The van der Waals surface area contributed by atoms with Crippen LogP contribution in [-0.2, 0) is 15.9 Å². The van der Waals surface area contributed by atoms with Crippen molar-refractivity contribution in [1.29, 1.82) is 0 Å². The zero-order valence-electron chi connectivity index (χ0n) is 22.1. The van der Waals surface area contributed by atoms with Crippen LogP contribution >= 0.6 is 0 Å². The Morgan fingerprint density at radius 3 is 2.29 bits per heavy atom. The average molecular weight is 473 g/mol. The molecule has 0 saturated heterocycles. The van der Waals surface area contributed by atoms with E-state index in [4.69, 9.17) is 9.47 Å². The summed E-state index contributed by atoms with van der Waals surface area (Å²) in [4.78, 5) is 11.6. The van der Waals surface area contributed by atoms with E-state index >= 15 is 0 Å². The van der Waals surface area contributed by atoms with Gasteiger partial charge < -0.3 is 19.7 Å². The van der Waals surface area contributed by atoms with Crippen molar-refractivity contribution in [2.75, 3.05) is 14.2 Å². The van der Waals surface area contributed by atoms with Crippen molar-refractivity contribution < 1.29 is 24.5 Å². The van der Waals surface area contributed by atoms with Gasteiger partial charge in [-0.3, -0.25) is 0 Å². The number of carbonyl (C=O) groups is 1. The number of fused-ring (bicyclic) bond motifs is 3. The Labute approximate surface area is 205 Å². The minimum atomic E-state index is -0.947. The molecule has 3 fully saturated rings. The van der Waals surface area contributed by atoms with Crippen molar-refractivity contribution in [3.8, 4) is 5.75 Å². The first-order valence-corrected chi connectivity index (χ1v) is 13.0. The van der Waals surface area contributed by atoms with Crippen LogP contribution in [0, 0.1) is 39.4 Å². The van der Waals surface area contributed by atoms with E-state index in [0.717, 1.165) is 31.2 Å². The van der Waals surface area contributed by atoms with Crippen LogP contribution in [0.2, 0.25) is 0 Å². The average Bonchev–Trinajstić information content (AvgIpc) is 3.06. The van der Waals surface area contributed by atoms with Crippen LogP contribution in [-0.4, -0.2) is 36.7 Å². The highest BCUT2D eigenvalue weighted by atomic mass is 16.7. The predicted molar refractivity (Wildman–Crippen MR) is 133 cm³/mol. The molecule has 190 valence electrons. The first-order chi connectivity index (χ1) is 15.9. The number of rotatable bonds is 6. The number of hydrogen-bond acceptors (Lipinski definition) is 4. The maximum absolute atomic E-state index is 11.6. The number of phenols is 1. The number of carboxylic acid groups (broad SMARTS) is 1. The van der Waals surface area contributed by atoms with Crippen molar-refractivity contribution in [3.05, 3.63) is 29.3 Å². The molecule has 3 aliphatic carbocycles. The smallest absolute Gasteiger partial charge is 0.335 e. The van der Waals surface area contributed by atoms with E-state index in [9.17, 15) is 15.0 Å². The van der Waals surface area contributed by atoms with E-state index in [1.807, 2.05) is 0 Å². The molecule has 3 saturated carbocycles. The molecule has 0 spiro atoms. The molecule has 0 heterocycles. The minimum absolute atomic E-state index is 0.0101. The molecular formula is C29H44O5. The van der Waals surface area contributed by atoms with Gasteiger partial charge in [0.2, 0.25) is 0 Å². The summed E-state index contributed by atoms with van der Waals surface area (Å²) in [5.41, 5.74) is 1.31. The Kier molecular flexibility index (Phi) is 6.39. The lowest BCUT2D eigenvalue weighted by atomic mass is 9.39. The quantitative estimate of drug-likeness (QED) is 0.461. The highest BCUT2D eigenvalue weighted by Gasteiger charge is 2.68. The van der Waals surface area contributed by atoms with Crippen LogP contribution in [0.15, 0.2) is 18.2 Å². The van der Waals surface area contributed by atoms with E-state index in [1.54, 1.807) is 26.4 Å². The van der Waals surface area contributed by atoms with Gasteiger partial charge in [0.05, 0.1) is 5.56 Å². The van der Waals surface area contributed by atoms with Gasteiger partial charge in [-0.15, -0.1) is 0 Å². The van der Waals surface area contributed by atoms with Crippen molar-refractivity contribution in [2.24, 2.45) is 39.4 Å². The molecule has 0 radical (unpaired) electrons. The standard InChI is InChI=1S/C29H44O5/c1-18-10-13-26(2)22(27(18,3)17-20-16-19(24(31)32)8-9-21(20)30)11-14-28(4)23(26)12-15-29(28,5)25(33-6)34-7/h8-9,16,18,22-23,25,30H,10-15,17H2,1-7H3,(H,31,32)/t18-,22+,23+,26+,27-,28-,29+/m1/s1. The van der Waals surface area contributed by atoms with Crippen LogP contribution in [0.3, 0.4) is 0 Å². The zero-order valence-corrected chi connectivity index (χ0v) is 22.1. The van der Waals surface area contributed by atoms with Gasteiger partial charge in [0.25, 0.3) is 0 Å². The van der Waals surface area contributed by atoms with Gasteiger partial charge in [-0.1, -0.05) is 34.6 Å². The van der Waals surface area contributed by atoms with Crippen molar-refractivity contribution >= 4 is 5.97 Å². The molecule has 0 aromatic heterocycles. The summed E-state index contributed by atoms with van der Waals surface area (Å²) in [6.45, 7) is 12.1. The zero-order chi connectivity index (χ0) is 25.1. The molecule has 34 heavy (non-hydrogen) atoms. The lowest BCUT2D eigenvalue weighted by Gasteiger charge is -2.65. The number of aromatic carboxylic acids is 1. The summed E-state index contributed by atoms with van der Waals surface area (Å²) in [6.07, 6.45) is 7.46. The predicted octanol–water partition coefficient (Wildman–Crippen LogP) is 6.53. The Bertz CT molecular complexity index is 940. The molecule has 0 bridgehead atoms. The molecule has 0 unspecified atom stereocenters. The fourth-order valence-electron chi connectivity index (χ4n) is 9.18. The monoisotopic (exact) mass is 472 g/mol. The van der Waals surface area contributed by atoms with Gasteiger partial charge in [-0.2, -0.15) is 0 Å². The number of benzene rings is 1. The van der Waals surface area contributed by atoms with Crippen molar-refractivity contribution in [1.82, 2.24) is 0 Å². The molecule has 0 amide bonds. The van der Waals surface area contributed by atoms with Crippen LogP contribution in [0.25, 0.3) is 0 Å². The van der Waals surface area contributed by atoms with Crippen LogP contribution in [0.4, 0.5) is 0 Å². The minimum Gasteiger partial charge on any atom is -0.508 e. The van der Waals surface area contributed by atoms with Gasteiger partial charge in [-0.05, 0) is 103 Å². The lowest BCUT2D eigenvalue weighted by molar-refractivity contribution is -0.233. The summed E-state index contributed by atoms with van der Waals surface area (Å²) in [5.74, 6) is 0.865. The number of methoxy groups -OCH3 is 2. The fourth-order valence-corrected chi connectivity index (χ4v) is 9.18. The maximum atomic E-state index is 11.6. The third-order valence-electron chi connectivity index (χ3n) is 11.5. The van der Waals surface area contributed by atoms with Crippen molar-refractivity contribution in [3.63, 3.8) is 0 Å². The van der Waals surface area contributed by atoms with Gasteiger partial charge >= 0.3 is 5.97 Å². The Balaban J connectivity index is 1.72. The topological polar surface area (TPSA) is 76.0 Å². The van der Waals surface area contributed by atoms with Gasteiger partial charge in [0.1, 0.15) is 5.75 Å². The molecule has 2 N–H and O–H groups in total. The molecule has 5 heteroatoms. The second-order valence-corrected chi connectivity index (χ2v) is 12.6. The van der Waals surface area contributed by atoms with Crippen LogP contribution in [0.5, 0.6) is 5.75 Å². The molecule has 1 aromatic rings. The van der Waals surface area contributed by atoms with Gasteiger partial charge in [-0.25, -0.2) is 4.79 Å². The van der Waals surface area contributed by atoms with Crippen LogP contribution < -0.4 is 0 Å². The maximum Gasteiger partial charge on any atom is 0.335 e. The fraction of sp³-hybridized carbons (Fsp3) is 0.759. The third kappa shape index (κ3) is 3.44. The van der Waals surface area contributed by atoms with E-state index in [0.29, 0.717) is 24.2 Å². The second kappa shape index (κ2) is 8.51. The normalized spacial score (nSPS) is 41.8. The van der Waals surface area contributed by atoms with Gasteiger partial charge in [0.15, 0.2) is 6.29 Å². The highest BCUT2D eigenvalue weighted by Crippen LogP contribution is 2.74. The summed E-state index contributed by atoms with van der Waals surface area (Å²) in [6, 6.07) is 4.72. The number of hydrogen-bond donors (Lipinski definition) is 2. The summed E-state index contributed by atoms with van der Waals surface area (Å²) in [7, 11) is 3.53. The van der Waals surface area contributed by atoms with Crippen LogP contribution in [0.1, 0.15) is 89.1 Å². The number of phenolic OH excluding ortho intramolecular Hbond substituents is 1. The molecule has 3 aliphatic rings. The summed E-state index contributed by atoms with van der Waals surface area (Å²) in [5, 5.41) is 20.2. The van der Waals surface area contributed by atoms with E-state index in [1.165, 1.54) is 18.9 Å². The molecule has 4 rings (SSSR count). The largest absolute Gasteiger partial charge is 0.508 e. The summed E-state index contributed by atoms with van der Waals surface area (Å²) >= 11 is 0. The number of carboxylic acids is 1. The number of aromatic hydroxyl groups is 1. The Hall–Kier alpha value is -1.59. The highest BCUT2D eigenvalue weighted by molar-refractivity contribution is 5.88. The summed E-state index contributed by atoms with van der Waals surface area (Å²) < 4.78 is 11.7. The van der Waals surface area contributed by atoms with Crippen molar-refractivity contribution in [2.45, 2.75) is 85.9 Å². The van der Waals surface area contributed by atoms with E-state index in [-0.39, 0.29) is 39.3 Å². The Morgan fingerprint density at radius 2 is 1.68 bits per heavy atom. The van der Waals surface area contributed by atoms with Gasteiger partial charge in [0, 0.05) is 19.6 Å². The van der Waals surface area contributed by atoms with E-state index in [2.05, 4.69) is 34.6 Å². The molecule has 0 aliphatic heterocycles. The Morgan fingerprint density at radius 1 is 1.03 bits per heavy atom. The molecule has 1 aromatic carbocycles. The number of ether oxygens (including phenoxy) is 2. The lowest BCUT2D eigenvalue weighted by Crippen LogP contribution is -2.60. The molecule has 5 nitrogen and oxygen atoms in total.